The number of benzene rings is 1. The van der Waals surface area contributed by atoms with E-state index in [0.717, 1.165) is 46.9 Å². The molecule has 0 amide bonds. The van der Waals surface area contributed by atoms with Gasteiger partial charge in [-0.2, -0.15) is 4.98 Å². The van der Waals surface area contributed by atoms with Crippen LogP contribution in [0, 0.1) is 6.92 Å². The standard InChI is InChI=1S/C17H21N5OS/c1-12-5-7-13(8-6-12)24-16-14-15(20-17(18)21-16)22(11-19-14)9-3-2-4-10-23/h5-8,11,23H,2-4,9-10H2,1H3,(H2,18,20,21). The molecule has 0 fully saturated rings. The molecular weight excluding hydrogens is 322 g/mol. The second kappa shape index (κ2) is 7.63. The van der Waals surface area contributed by atoms with Crippen LogP contribution in [0.2, 0.25) is 0 Å². The van der Waals surface area contributed by atoms with Crippen molar-refractivity contribution in [2.75, 3.05) is 12.3 Å². The second-order valence-corrected chi connectivity index (χ2v) is 6.76. The van der Waals surface area contributed by atoms with Crippen molar-refractivity contribution in [2.45, 2.75) is 42.7 Å². The molecular formula is C17H21N5OS. The first-order chi connectivity index (χ1) is 11.7. The quantitative estimate of drug-likeness (QED) is 0.506. The Morgan fingerprint density at radius 3 is 2.67 bits per heavy atom. The van der Waals surface area contributed by atoms with Crippen molar-refractivity contribution in [3.8, 4) is 0 Å². The average Bonchev–Trinajstić information content (AvgIpc) is 2.97. The zero-order chi connectivity index (χ0) is 16.9. The van der Waals surface area contributed by atoms with Crippen molar-refractivity contribution in [1.29, 1.82) is 0 Å². The monoisotopic (exact) mass is 343 g/mol. The lowest BCUT2D eigenvalue weighted by Crippen LogP contribution is -2.02. The predicted octanol–water partition coefficient (Wildman–Crippen LogP) is 3.03. The Kier molecular flexibility index (Phi) is 5.32. The van der Waals surface area contributed by atoms with E-state index in [4.69, 9.17) is 10.8 Å². The maximum atomic E-state index is 8.87. The van der Waals surface area contributed by atoms with Crippen molar-refractivity contribution in [2.24, 2.45) is 0 Å². The van der Waals surface area contributed by atoms with Crippen LogP contribution in [0.4, 0.5) is 5.95 Å². The minimum atomic E-state index is 0.233. The molecule has 0 aliphatic heterocycles. The number of aliphatic hydroxyl groups is 1. The number of hydrogen-bond donors (Lipinski definition) is 2. The minimum Gasteiger partial charge on any atom is -0.396 e. The summed E-state index contributed by atoms with van der Waals surface area (Å²) in [4.78, 5) is 14.3. The molecule has 1 aromatic carbocycles. The van der Waals surface area contributed by atoms with Crippen LogP contribution in [-0.2, 0) is 6.54 Å². The molecule has 2 aromatic heterocycles. The molecule has 0 unspecified atom stereocenters. The Balaban J connectivity index is 1.85. The van der Waals surface area contributed by atoms with Crippen LogP contribution in [0.5, 0.6) is 0 Å². The fourth-order valence-electron chi connectivity index (χ4n) is 2.46. The van der Waals surface area contributed by atoms with E-state index in [1.54, 1.807) is 18.1 Å². The maximum absolute atomic E-state index is 8.87. The number of nitrogen functional groups attached to an aromatic ring is 1. The molecule has 2 heterocycles. The third kappa shape index (κ3) is 3.85. The van der Waals surface area contributed by atoms with E-state index in [2.05, 4.69) is 46.1 Å². The van der Waals surface area contributed by atoms with Gasteiger partial charge >= 0.3 is 0 Å². The number of unbranched alkanes of at least 4 members (excludes halogenated alkanes) is 2. The molecule has 0 atom stereocenters. The highest BCUT2D eigenvalue weighted by molar-refractivity contribution is 7.99. The van der Waals surface area contributed by atoms with Crippen LogP contribution in [0.1, 0.15) is 24.8 Å². The van der Waals surface area contributed by atoms with E-state index in [-0.39, 0.29) is 12.6 Å². The summed E-state index contributed by atoms with van der Waals surface area (Å²) in [6.07, 6.45) is 4.55. The van der Waals surface area contributed by atoms with Crippen LogP contribution in [0.25, 0.3) is 11.2 Å². The van der Waals surface area contributed by atoms with Crippen LogP contribution >= 0.6 is 11.8 Å². The molecule has 0 bridgehead atoms. The summed E-state index contributed by atoms with van der Waals surface area (Å²) >= 11 is 1.55. The van der Waals surface area contributed by atoms with Gasteiger partial charge in [-0.25, -0.2) is 9.97 Å². The Bertz CT molecular complexity index is 816. The topological polar surface area (TPSA) is 89.9 Å². The minimum absolute atomic E-state index is 0.233. The number of nitrogens with two attached hydrogens (primary N) is 1. The number of imidazole rings is 1. The van der Waals surface area contributed by atoms with Gasteiger partial charge in [0.2, 0.25) is 5.95 Å². The molecule has 0 saturated carbocycles. The molecule has 7 heteroatoms. The lowest BCUT2D eigenvalue weighted by atomic mass is 10.2. The third-order valence-electron chi connectivity index (χ3n) is 3.74. The Hall–Kier alpha value is -2.12. The number of aryl methyl sites for hydroxylation is 2. The Morgan fingerprint density at radius 1 is 1.12 bits per heavy atom. The molecule has 24 heavy (non-hydrogen) atoms. The first kappa shape index (κ1) is 16.7. The Labute approximate surface area is 145 Å². The third-order valence-corrected chi connectivity index (χ3v) is 4.73. The SMILES string of the molecule is Cc1ccc(Sc2nc(N)nc3c2ncn3CCCCCO)cc1. The highest BCUT2D eigenvalue weighted by Gasteiger charge is 2.13. The van der Waals surface area contributed by atoms with Gasteiger partial charge in [0, 0.05) is 18.0 Å². The summed E-state index contributed by atoms with van der Waals surface area (Å²) in [6, 6.07) is 8.28. The molecule has 0 spiro atoms. The van der Waals surface area contributed by atoms with Gasteiger partial charge in [0.15, 0.2) is 5.65 Å². The van der Waals surface area contributed by atoms with Crippen LogP contribution < -0.4 is 5.73 Å². The van der Waals surface area contributed by atoms with Crippen molar-refractivity contribution in [1.82, 2.24) is 19.5 Å². The van der Waals surface area contributed by atoms with E-state index in [1.165, 1.54) is 5.56 Å². The molecule has 0 aliphatic rings. The van der Waals surface area contributed by atoms with Gasteiger partial charge < -0.3 is 15.4 Å². The first-order valence-electron chi connectivity index (χ1n) is 8.01. The van der Waals surface area contributed by atoms with Gasteiger partial charge in [-0.1, -0.05) is 29.5 Å². The maximum Gasteiger partial charge on any atom is 0.223 e. The lowest BCUT2D eigenvalue weighted by Gasteiger charge is -2.06. The summed E-state index contributed by atoms with van der Waals surface area (Å²) < 4.78 is 2.00. The zero-order valence-corrected chi connectivity index (χ0v) is 14.5. The van der Waals surface area contributed by atoms with E-state index < -0.39 is 0 Å². The van der Waals surface area contributed by atoms with Crippen molar-refractivity contribution >= 4 is 28.9 Å². The van der Waals surface area contributed by atoms with Crippen LogP contribution in [0.15, 0.2) is 40.5 Å². The van der Waals surface area contributed by atoms with E-state index in [1.807, 2.05) is 4.57 Å². The van der Waals surface area contributed by atoms with E-state index in [0.29, 0.717) is 0 Å². The molecule has 0 radical (unpaired) electrons. The van der Waals surface area contributed by atoms with Crippen molar-refractivity contribution in [3.05, 3.63) is 36.2 Å². The molecule has 3 N–H and O–H groups in total. The van der Waals surface area contributed by atoms with Gasteiger partial charge in [-0.3, -0.25) is 0 Å². The molecule has 126 valence electrons. The zero-order valence-electron chi connectivity index (χ0n) is 13.6. The summed E-state index contributed by atoms with van der Waals surface area (Å²) in [5.41, 5.74) is 8.66. The van der Waals surface area contributed by atoms with Crippen molar-refractivity contribution in [3.63, 3.8) is 0 Å². The highest BCUT2D eigenvalue weighted by Crippen LogP contribution is 2.31. The Morgan fingerprint density at radius 2 is 1.92 bits per heavy atom. The number of nitrogens with zero attached hydrogens (tertiary/aromatic N) is 4. The summed E-state index contributed by atoms with van der Waals surface area (Å²) in [7, 11) is 0. The predicted molar refractivity (Wildman–Crippen MR) is 96.0 cm³/mol. The largest absolute Gasteiger partial charge is 0.396 e. The van der Waals surface area contributed by atoms with Crippen molar-refractivity contribution < 1.29 is 5.11 Å². The number of anilines is 1. The van der Waals surface area contributed by atoms with Gasteiger partial charge in [-0.15, -0.1) is 0 Å². The normalized spacial score (nSPS) is 11.2. The van der Waals surface area contributed by atoms with Gasteiger partial charge in [-0.05, 0) is 38.3 Å². The summed E-state index contributed by atoms with van der Waals surface area (Å²) in [5, 5.41) is 9.64. The number of aromatic nitrogens is 4. The van der Waals surface area contributed by atoms with E-state index in [9.17, 15) is 0 Å². The fourth-order valence-corrected chi connectivity index (χ4v) is 3.33. The van der Waals surface area contributed by atoms with Gasteiger partial charge in [0.05, 0.1) is 6.33 Å². The van der Waals surface area contributed by atoms with Crippen LogP contribution in [0.3, 0.4) is 0 Å². The van der Waals surface area contributed by atoms with Gasteiger partial charge in [0.1, 0.15) is 10.5 Å². The molecule has 0 aliphatic carbocycles. The van der Waals surface area contributed by atoms with Gasteiger partial charge in [0.25, 0.3) is 0 Å². The molecule has 3 rings (SSSR count). The fraction of sp³-hybridized carbons (Fsp3) is 0.353. The average molecular weight is 343 g/mol. The number of aliphatic hydroxyl groups excluding tert-OH is 1. The summed E-state index contributed by atoms with van der Waals surface area (Å²) in [6.45, 7) is 3.10. The second-order valence-electron chi connectivity index (χ2n) is 5.70. The number of fused-ring (bicyclic) bond motifs is 1. The number of rotatable bonds is 7. The lowest BCUT2D eigenvalue weighted by molar-refractivity contribution is 0.282. The molecule has 0 saturated heterocycles. The van der Waals surface area contributed by atoms with Crippen LogP contribution in [-0.4, -0.2) is 31.2 Å². The number of hydrogen-bond acceptors (Lipinski definition) is 6. The highest BCUT2D eigenvalue weighted by atomic mass is 32.2. The smallest absolute Gasteiger partial charge is 0.223 e. The van der Waals surface area contributed by atoms with E-state index >= 15 is 0 Å². The summed E-state index contributed by atoms with van der Waals surface area (Å²) in [5.74, 6) is 0.259. The molecule has 3 aromatic rings. The molecule has 6 nitrogen and oxygen atoms in total. The first-order valence-corrected chi connectivity index (χ1v) is 8.83.